The number of pyridine rings is 1. The topological polar surface area (TPSA) is 134 Å². The molecular weight excluding hydrogens is 456 g/mol. The Morgan fingerprint density at radius 2 is 1.84 bits per heavy atom. The molecule has 32 heavy (non-hydrogen) atoms. The van der Waals surface area contributed by atoms with Gasteiger partial charge in [0.1, 0.15) is 17.5 Å². The van der Waals surface area contributed by atoms with Gasteiger partial charge in [-0.15, -0.1) is 11.3 Å². The Morgan fingerprint density at radius 3 is 2.38 bits per heavy atom. The fourth-order valence-electron chi connectivity index (χ4n) is 3.08. The third-order valence-electron chi connectivity index (χ3n) is 4.73. The molecule has 0 aliphatic carbocycles. The van der Waals surface area contributed by atoms with Crippen molar-refractivity contribution in [3.63, 3.8) is 0 Å². The van der Waals surface area contributed by atoms with Crippen LogP contribution in [0, 0.1) is 0 Å². The minimum Gasteiger partial charge on any atom is -0.497 e. The number of sulfonamides is 1. The predicted molar refractivity (Wildman–Crippen MR) is 116 cm³/mol. The predicted octanol–water partition coefficient (Wildman–Crippen LogP) is 2.74. The number of aromatic nitrogens is 1. The maximum atomic E-state index is 12.9. The molecule has 1 atom stereocenters. The molecule has 11 heteroatoms. The Kier molecular flexibility index (Phi) is 7.23. The van der Waals surface area contributed by atoms with Gasteiger partial charge in [-0.3, -0.25) is 4.79 Å². The number of carbonyl (C=O) groups is 2. The lowest BCUT2D eigenvalue weighted by Crippen LogP contribution is -2.48. The number of hydrogen-bond acceptors (Lipinski definition) is 7. The summed E-state index contributed by atoms with van der Waals surface area (Å²) < 4.78 is 31.8. The van der Waals surface area contributed by atoms with Gasteiger partial charge in [-0.05, 0) is 53.4 Å². The van der Waals surface area contributed by atoms with E-state index >= 15 is 0 Å². The van der Waals surface area contributed by atoms with Crippen LogP contribution in [0.25, 0.3) is 0 Å². The third kappa shape index (κ3) is 5.13. The number of rotatable bonds is 5. The third-order valence-corrected chi connectivity index (χ3v) is 7.58. The Morgan fingerprint density at radius 1 is 1.12 bits per heavy atom. The van der Waals surface area contributed by atoms with Gasteiger partial charge >= 0.3 is 11.9 Å². The zero-order chi connectivity index (χ0) is 23.3. The van der Waals surface area contributed by atoms with Gasteiger partial charge in [-0.25, -0.2) is 18.2 Å². The van der Waals surface area contributed by atoms with Crippen LogP contribution in [0.4, 0.5) is 0 Å². The Bertz CT molecular complexity index is 1190. The van der Waals surface area contributed by atoms with Crippen LogP contribution in [-0.4, -0.2) is 53.0 Å². The van der Waals surface area contributed by atoms with Crippen molar-refractivity contribution in [1.29, 1.82) is 0 Å². The number of benzene rings is 1. The van der Waals surface area contributed by atoms with Gasteiger partial charge < -0.3 is 14.9 Å². The van der Waals surface area contributed by atoms with E-state index < -0.39 is 28.0 Å². The van der Waals surface area contributed by atoms with Gasteiger partial charge in [-0.1, -0.05) is 6.07 Å². The van der Waals surface area contributed by atoms with Crippen molar-refractivity contribution in [2.75, 3.05) is 7.11 Å². The molecule has 0 amide bonds. The van der Waals surface area contributed by atoms with Gasteiger partial charge in [0.25, 0.3) is 0 Å². The summed E-state index contributed by atoms with van der Waals surface area (Å²) in [6.45, 7) is 0.0736. The highest BCUT2D eigenvalue weighted by atomic mass is 32.2. The van der Waals surface area contributed by atoms with Crippen molar-refractivity contribution in [2.45, 2.75) is 23.9 Å². The van der Waals surface area contributed by atoms with Crippen LogP contribution in [0.15, 0.2) is 65.0 Å². The van der Waals surface area contributed by atoms with E-state index in [2.05, 4.69) is 4.98 Å². The van der Waals surface area contributed by atoms with Crippen molar-refractivity contribution >= 4 is 33.3 Å². The van der Waals surface area contributed by atoms with Crippen LogP contribution in [0.1, 0.15) is 20.9 Å². The first-order valence-electron chi connectivity index (χ1n) is 9.32. The SMILES string of the molecule is COc1ccc(S(=O)(=O)N2Cc3ccsc3CC2C(=O)O)cc1.O=C(O)c1ccccn1. The molecule has 4 rings (SSSR count). The Hall–Kier alpha value is -3.28. The quantitative estimate of drug-likeness (QED) is 0.574. The van der Waals surface area contributed by atoms with Crippen LogP contribution in [0.2, 0.25) is 0 Å². The summed E-state index contributed by atoms with van der Waals surface area (Å²) in [6, 6.07) is 11.4. The highest BCUT2D eigenvalue weighted by molar-refractivity contribution is 7.89. The van der Waals surface area contributed by atoms with Crippen molar-refractivity contribution < 1.29 is 33.0 Å². The van der Waals surface area contributed by atoms with Crippen molar-refractivity contribution in [2.24, 2.45) is 0 Å². The number of ether oxygens (including phenoxy) is 1. The Labute approximate surface area is 188 Å². The summed E-state index contributed by atoms with van der Waals surface area (Å²) in [5, 5.41) is 19.6. The van der Waals surface area contributed by atoms with Crippen molar-refractivity contribution in [1.82, 2.24) is 9.29 Å². The van der Waals surface area contributed by atoms with Gasteiger partial charge in [0.15, 0.2) is 0 Å². The van der Waals surface area contributed by atoms with Gasteiger partial charge in [-0.2, -0.15) is 4.31 Å². The highest BCUT2D eigenvalue weighted by Gasteiger charge is 2.40. The molecule has 0 saturated heterocycles. The first-order chi connectivity index (χ1) is 15.2. The molecule has 0 saturated carbocycles. The number of aliphatic carboxylic acids is 1. The summed E-state index contributed by atoms with van der Waals surface area (Å²) in [6.07, 6.45) is 1.64. The summed E-state index contributed by atoms with van der Waals surface area (Å²) in [7, 11) is -2.41. The number of aromatic carboxylic acids is 1. The molecule has 2 aromatic heterocycles. The average Bonchev–Trinajstić information content (AvgIpc) is 3.27. The monoisotopic (exact) mass is 476 g/mol. The van der Waals surface area contributed by atoms with Crippen LogP contribution in [0.5, 0.6) is 5.75 Å². The van der Waals surface area contributed by atoms with Gasteiger partial charge in [0, 0.05) is 24.0 Å². The molecule has 9 nitrogen and oxygen atoms in total. The smallest absolute Gasteiger partial charge is 0.354 e. The Balaban J connectivity index is 0.000000269. The van der Waals surface area contributed by atoms with Gasteiger partial charge in [0.05, 0.1) is 12.0 Å². The second-order valence-corrected chi connectivity index (χ2v) is 9.56. The first-order valence-corrected chi connectivity index (χ1v) is 11.6. The molecule has 0 bridgehead atoms. The maximum absolute atomic E-state index is 12.9. The van der Waals surface area contributed by atoms with Gasteiger partial charge in [0.2, 0.25) is 10.0 Å². The molecule has 1 aromatic carbocycles. The van der Waals surface area contributed by atoms with Crippen LogP contribution < -0.4 is 4.74 Å². The zero-order valence-electron chi connectivity index (χ0n) is 16.9. The number of methoxy groups -OCH3 is 1. The molecule has 3 heterocycles. The molecule has 1 aliphatic heterocycles. The minimum atomic E-state index is -3.90. The lowest BCUT2D eigenvalue weighted by atomic mass is 10.1. The number of nitrogens with zero attached hydrogens (tertiary/aromatic N) is 2. The number of fused-ring (bicyclic) bond motifs is 1. The normalized spacial score (nSPS) is 15.7. The highest BCUT2D eigenvalue weighted by Crippen LogP contribution is 2.32. The molecular formula is C21H20N2O7S2. The van der Waals surface area contributed by atoms with E-state index in [0.717, 1.165) is 14.7 Å². The maximum Gasteiger partial charge on any atom is 0.354 e. The summed E-state index contributed by atoms with van der Waals surface area (Å²) in [4.78, 5) is 26.3. The van der Waals surface area contributed by atoms with Crippen LogP contribution >= 0.6 is 11.3 Å². The standard InChI is InChI=1S/C15H15NO5S2.C6H5NO2/c1-21-11-2-4-12(5-3-11)23(19,20)16-9-10-6-7-22-14(10)8-13(16)15(17)18;8-6(9)5-3-1-2-4-7-5/h2-7,13H,8-9H2,1H3,(H,17,18);1-4H,(H,8,9). The largest absolute Gasteiger partial charge is 0.497 e. The lowest BCUT2D eigenvalue weighted by molar-refractivity contribution is -0.141. The van der Waals surface area contributed by atoms with Crippen LogP contribution in [-0.2, 0) is 27.8 Å². The lowest BCUT2D eigenvalue weighted by Gasteiger charge is -2.32. The van der Waals surface area contributed by atoms with Crippen molar-refractivity contribution in [3.05, 3.63) is 76.2 Å². The molecule has 168 valence electrons. The molecule has 1 aliphatic rings. The van der Waals surface area contributed by atoms with E-state index in [9.17, 15) is 23.1 Å². The van der Waals surface area contributed by atoms with E-state index in [4.69, 9.17) is 9.84 Å². The number of hydrogen-bond donors (Lipinski definition) is 2. The second-order valence-electron chi connectivity index (χ2n) is 6.67. The number of carboxylic acids is 2. The van der Waals surface area contributed by atoms with Crippen LogP contribution in [0.3, 0.4) is 0 Å². The molecule has 2 N–H and O–H groups in total. The molecule has 1 unspecified atom stereocenters. The fraction of sp³-hybridized carbons (Fsp3) is 0.190. The van der Waals surface area contributed by atoms with E-state index in [1.807, 2.05) is 11.4 Å². The first kappa shape index (κ1) is 23.4. The summed E-state index contributed by atoms with van der Waals surface area (Å²) in [5.74, 6) is -1.59. The van der Waals surface area contributed by atoms with Crippen molar-refractivity contribution in [3.8, 4) is 5.75 Å². The minimum absolute atomic E-state index is 0.0585. The molecule has 0 radical (unpaired) electrons. The van der Waals surface area contributed by atoms with E-state index in [1.165, 1.54) is 42.8 Å². The molecule has 0 spiro atoms. The summed E-state index contributed by atoms with van der Waals surface area (Å²) >= 11 is 1.46. The number of carboxylic acid groups (broad SMARTS) is 2. The molecule has 0 fully saturated rings. The number of thiophene rings is 1. The molecule has 3 aromatic rings. The average molecular weight is 477 g/mol. The van der Waals surface area contributed by atoms with E-state index in [0.29, 0.717) is 5.75 Å². The summed E-state index contributed by atoms with van der Waals surface area (Å²) in [5.41, 5.74) is 0.946. The van der Waals surface area contributed by atoms with E-state index in [-0.39, 0.29) is 23.6 Å². The second kappa shape index (κ2) is 9.90. The van der Waals surface area contributed by atoms with E-state index in [1.54, 1.807) is 24.3 Å². The zero-order valence-corrected chi connectivity index (χ0v) is 18.5. The fourth-order valence-corrected chi connectivity index (χ4v) is 5.57.